The first kappa shape index (κ1) is 19.7. The number of aromatic nitrogens is 1. The van der Waals surface area contributed by atoms with E-state index >= 15 is 0 Å². The second-order valence-electron chi connectivity index (χ2n) is 6.91. The molecule has 30 heavy (non-hydrogen) atoms. The molecule has 1 amide bonds. The van der Waals surface area contributed by atoms with Gasteiger partial charge in [0.2, 0.25) is 0 Å². The zero-order valence-electron chi connectivity index (χ0n) is 16.4. The monoisotopic (exact) mass is 417 g/mol. The zero-order valence-corrected chi connectivity index (χ0v) is 17.2. The quantitative estimate of drug-likeness (QED) is 0.604. The van der Waals surface area contributed by atoms with Gasteiger partial charge in [0.05, 0.1) is 16.2 Å². The van der Waals surface area contributed by atoms with Crippen LogP contribution in [0, 0.1) is 13.8 Å². The number of nitrogens with one attached hydrogen (secondary N) is 1. The van der Waals surface area contributed by atoms with Crippen molar-refractivity contribution in [3.63, 3.8) is 0 Å². The first-order chi connectivity index (χ1) is 14.4. The van der Waals surface area contributed by atoms with Gasteiger partial charge in [0, 0.05) is 17.6 Å². The van der Waals surface area contributed by atoms with E-state index in [-0.39, 0.29) is 11.5 Å². The Morgan fingerprint density at radius 3 is 2.70 bits per heavy atom. The molecule has 1 fully saturated rings. The molecule has 0 radical (unpaired) electrons. The highest BCUT2D eigenvalue weighted by Gasteiger charge is 2.24. The standard InChI is InChI=1S/C23H19N3O3S/c1-14-8-9-17(11-15(14)2)24-23-25-21(27)20(30-23)13-19-7-4-10-26(19)18-6-3-5-16(12-18)22(28)29/h3-13H,1-2H3,(H,28,29)(H,24,25,27)/b20-13+. The number of amidine groups is 1. The van der Waals surface area contributed by atoms with Crippen LogP contribution in [-0.4, -0.2) is 26.7 Å². The molecule has 2 heterocycles. The lowest BCUT2D eigenvalue weighted by molar-refractivity contribution is -0.115. The maximum absolute atomic E-state index is 12.4. The summed E-state index contributed by atoms with van der Waals surface area (Å²) in [5.74, 6) is -1.20. The largest absolute Gasteiger partial charge is 0.478 e. The predicted molar refractivity (Wildman–Crippen MR) is 119 cm³/mol. The molecule has 3 aromatic rings. The number of carbonyl (C=O) groups is 2. The van der Waals surface area contributed by atoms with Crippen molar-refractivity contribution in [2.75, 3.05) is 0 Å². The van der Waals surface area contributed by atoms with Crippen LogP contribution in [0.3, 0.4) is 0 Å². The van der Waals surface area contributed by atoms with E-state index in [1.165, 1.54) is 17.3 Å². The van der Waals surface area contributed by atoms with Crippen LogP contribution in [0.15, 0.2) is 70.7 Å². The Hall–Kier alpha value is -3.58. The molecule has 0 bridgehead atoms. The van der Waals surface area contributed by atoms with Gasteiger partial charge in [-0.3, -0.25) is 4.79 Å². The van der Waals surface area contributed by atoms with Crippen molar-refractivity contribution in [1.29, 1.82) is 0 Å². The lowest BCUT2D eigenvalue weighted by Crippen LogP contribution is -2.19. The van der Waals surface area contributed by atoms with Crippen LogP contribution in [0.1, 0.15) is 27.2 Å². The topological polar surface area (TPSA) is 83.7 Å². The maximum atomic E-state index is 12.4. The minimum atomic E-state index is -0.984. The first-order valence-corrected chi connectivity index (χ1v) is 10.1. The van der Waals surface area contributed by atoms with Crippen LogP contribution in [0.4, 0.5) is 5.69 Å². The van der Waals surface area contributed by atoms with Crippen molar-refractivity contribution in [3.8, 4) is 5.69 Å². The fourth-order valence-electron chi connectivity index (χ4n) is 3.06. The summed E-state index contributed by atoms with van der Waals surface area (Å²) >= 11 is 1.28. The summed E-state index contributed by atoms with van der Waals surface area (Å²) in [6.45, 7) is 4.07. The van der Waals surface area contributed by atoms with Gasteiger partial charge in [-0.1, -0.05) is 12.1 Å². The van der Waals surface area contributed by atoms with E-state index in [0.29, 0.717) is 15.8 Å². The van der Waals surface area contributed by atoms with E-state index in [1.807, 2.05) is 61.0 Å². The van der Waals surface area contributed by atoms with Crippen molar-refractivity contribution < 1.29 is 14.7 Å². The van der Waals surface area contributed by atoms with Crippen molar-refractivity contribution in [3.05, 3.63) is 88.1 Å². The van der Waals surface area contributed by atoms with Gasteiger partial charge in [-0.05, 0) is 85.3 Å². The van der Waals surface area contributed by atoms with E-state index in [4.69, 9.17) is 0 Å². The Bertz CT molecular complexity index is 1220. The third kappa shape index (κ3) is 4.06. The van der Waals surface area contributed by atoms with Crippen molar-refractivity contribution in [1.82, 2.24) is 9.88 Å². The third-order valence-corrected chi connectivity index (χ3v) is 5.71. The molecule has 6 nitrogen and oxygen atoms in total. The molecule has 0 spiro atoms. The number of carboxylic acids is 1. The molecule has 2 aromatic carbocycles. The number of aryl methyl sites for hydroxylation is 2. The van der Waals surface area contributed by atoms with Crippen LogP contribution in [-0.2, 0) is 4.79 Å². The van der Waals surface area contributed by atoms with Gasteiger partial charge in [0.1, 0.15) is 0 Å². The molecule has 0 saturated carbocycles. The van der Waals surface area contributed by atoms with E-state index < -0.39 is 5.97 Å². The molecule has 0 atom stereocenters. The Morgan fingerprint density at radius 2 is 1.93 bits per heavy atom. The summed E-state index contributed by atoms with van der Waals surface area (Å²) in [6.07, 6.45) is 3.60. The summed E-state index contributed by atoms with van der Waals surface area (Å²) < 4.78 is 1.84. The van der Waals surface area contributed by atoms with Gasteiger partial charge < -0.3 is 15.0 Å². The number of aliphatic imine (C=N–C) groups is 1. The lowest BCUT2D eigenvalue weighted by atomic mass is 10.1. The van der Waals surface area contributed by atoms with Gasteiger partial charge >= 0.3 is 5.97 Å². The Morgan fingerprint density at radius 1 is 1.10 bits per heavy atom. The summed E-state index contributed by atoms with van der Waals surface area (Å²) in [5.41, 5.74) is 4.80. The average Bonchev–Trinajstić information content (AvgIpc) is 3.31. The number of benzene rings is 2. The van der Waals surface area contributed by atoms with Gasteiger partial charge in [-0.25, -0.2) is 9.79 Å². The summed E-state index contributed by atoms with van der Waals surface area (Å²) in [6, 6.07) is 16.3. The molecule has 150 valence electrons. The molecular weight excluding hydrogens is 398 g/mol. The number of aromatic carboxylic acids is 1. The average molecular weight is 417 g/mol. The van der Waals surface area contributed by atoms with Gasteiger partial charge in [-0.2, -0.15) is 0 Å². The first-order valence-electron chi connectivity index (χ1n) is 9.28. The smallest absolute Gasteiger partial charge is 0.335 e. The van der Waals surface area contributed by atoms with Crippen LogP contribution in [0.5, 0.6) is 0 Å². The number of rotatable bonds is 4. The van der Waals surface area contributed by atoms with Gasteiger partial charge in [-0.15, -0.1) is 0 Å². The molecule has 0 unspecified atom stereocenters. The van der Waals surface area contributed by atoms with Crippen molar-refractivity contribution in [2.24, 2.45) is 4.99 Å². The Labute approximate surface area is 178 Å². The minimum Gasteiger partial charge on any atom is -0.478 e. The third-order valence-electron chi connectivity index (χ3n) is 4.80. The second kappa shape index (κ2) is 8.04. The highest BCUT2D eigenvalue weighted by Crippen LogP contribution is 2.29. The number of carbonyl (C=O) groups excluding carboxylic acids is 1. The molecule has 2 N–H and O–H groups in total. The normalized spacial score (nSPS) is 16.3. The molecule has 0 aliphatic carbocycles. The van der Waals surface area contributed by atoms with Crippen LogP contribution >= 0.6 is 11.8 Å². The number of carboxylic acid groups (broad SMARTS) is 1. The number of amides is 1. The van der Waals surface area contributed by atoms with Crippen LogP contribution < -0.4 is 5.32 Å². The van der Waals surface area contributed by atoms with Crippen LogP contribution in [0.2, 0.25) is 0 Å². The molecular formula is C23H19N3O3S. The molecule has 7 heteroatoms. The molecule has 1 saturated heterocycles. The number of hydrogen-bond donors (Lipinski definition) is 2. The van der Waals surface area contributed by atoms with E-state index in [0.717, 1.165) is 16.9 Å². The van der Waals surface area contributed by atoms with Gasteiger partial charge in [0.15, 0.2) is 5.17 Å². The van der Waals surface area contributed by atoms with Crippen LogP contribution in [0.25, 0.3) is 11.8 Å². The number of hydrogen-bond acceptors (Lipinski definition) is 4. The SMILES string of the molecule is Cc1ccc(N=C2NC(=O)/C(=C\c3cccn3-c3cccc(C(=O)O)c3)S2)cc1C. The molecule has 1 aromatic heterocycles. The summed E-state index contributed by atoms with van der Waals surface area (Å²) in [7, 11) is 0. The number of nitrogens with zero attached hydrogens (tertiary/aromatic N) is 2. The van der Waals surface area contributed by atoms with E-state index in [2.05, 4.69) is 10.3 Å². The van der Waals surface area contributed by atoms with Crippen molar-refractivity contribution in [2.45, 2.75) is 13.8 Å². The number of thioether (sulfide) groups is 1. The minimum absolute atomic E-state index is 0.204. The summed E-state index contributed by atoms with van der Waals surface area (Å²) in [5, 5.41) is 12.6. The fraction of sp³-hybridized carbons (Fsp3) is 0.0870. The Kier molecular flexibility index (Phi) is 5.29. The highest BCUT2D eigenvalue weighted by molar-refractivity contribution is 8.18. The van der Waals surface area contributed by atoms with Gasteiger partial charge in [0.25, 0.3) is 5.91 Å². The zero-order chi connectivity index (χ0) is 21.3. The Balaban J connectivity index is 1.62. The maximum Gasteiger partial charge on any atom is 0.335 e. The lowest BCUT2D eigenvalue weighted by Gasteiger charge is -2.07. The van der Waals surface area contributed by atoms with Crippen molar-refractivity contribution >= 4 is 40.6 Å². The molecule has 1 aliphatic rings. The summed E-state index contributed by atoms with van der Waals surface area (Å²) in [4.78, 5) is 28.8. The predicted octanol–water partition coefficient (Wildman–Crippen LogP) is 4.68. The highest BCUT2D eigenvalue weighted by atomic mass is 32.2. The van der Waals surface area contributed by atoms with E-state index in [1.54, 1.807) is 24.3 Å². The molecule has 4 rings (SSSR count). The fourth-order valence-corrected chi connectivity index (χ4v) is 3.89. The second-order valence-corrected chi connectivity index (χ2v) is 7.94. The van der Waals surface area contributed by atoms with E-state index in [9.17, 15) is 14.7 Å². The molecule has 1 aliphatic heterocycles.